The molecule has 116 valence electrons. The smallest absolute Gasteiger partial charge is 0.238 e. The van der Waals surface area contributed by atoms with Crippen molar-refractivity contribution in [1.82, 2.24) is 4.90 Å². The van der Waals surface area contributed by atoms with E-state index in [0.717, 1.165) is 24.9 Å². The molecule has 0 bridgehead atoms. The number of halogens is 2. The molecule has 1 aliphatic heterocycles. The highest BCUT2D eigenvalue weighted by Crippen LogP contribution is 2.32. The number of aliphatic hydroxyl groups is 1. The second kappa shape index (κ2) is 6.53. The standard InChI is InChI=1S/C15H20Cl2N2O2/c1-10-4-5-11(16)14(13(10)17)18-12(20)8-19-7-3-6-15(2,21)9-19/h4-5,21H,3,6-9H2,1-2H3,(H,18,20). The molecule has 2 rings (SSSR count). The van der Waals surface area contributed by atoms with E-state index in [0.29, 0.717) is 22.3 Å². The van der Waals surface area contributed by atoms with Gasteiger partial charge in [0.1, 0.15) is 0 Å². The van der Waals surface area contributed by atoms with Gasteiger partial charge in [-0.05, 0) is 44.9 Å². The molecule has 0 aliphatic carbocycles. The molecule has 1 fully saturated rings. The SMILES string of the molecule is Cc1ccc(Cl)c(NC(=O)CN2CCCC(C)(O)C2)c1Cl. The molecular weight excluding hydrogens is 311 g/mol. The Bertz CT molecular complexity index is 547. The number of piperidine rings is 1. The van der Waals surface area contributed by atoms with Gasteiger partial charge in [-0.15, -0.1) is 0 Å². The van der Waals surface area contributed by atoms with E-state index in [2.05, 4.69) is 5.32 Å². The van der Waals surface area contributed by atoms with Gasteiger partial charge in [0.15, 0.2) is 0 Å². The van der Waals surface area contributed by atoms with Crippen molar-refractivity contribution in [2.24, 2.45) is 0 Å². The van der Waals surface area contributed by atoms with Crippen molar-refractivity contribution in [3.05, 3.63) is 27.7 Å². The van der Waals surface area contributed by atoms with Crippen LogP contribution in [0, 0.1) is 6.92 Å². The zero-order chi connectivity index (χ0) is 15.6. The molecule has 21 heavy (non-hydrogen) atoms. The van der Waals surface area contributed by atoms with E-state index < -0.39 is 5.60 Å². The first-order valence-electron chi connectivity index (χ1n) is 6.98. The van der Waals surface area contributed by atoms with E-state index in [-0.39, 0.29) is 12.5 Å². The first kappa shape index (κ1) is 16.6. The first-order valence-corrected chi connectivity index (χ1v) is 7.73. The van der Waals surface area contributed by atoms with Crippen molar-refractivity contribution in [2.45, 2.75) is 32.3 Å². The Labute approximate surface area is 135 Å². The molecule has 1 heterocycles. The molecule has 1 unspecified atom stereocenters. The molecule has 1 aromatic rings. The number of carbonyl (C=O) groups excluding carboxylic acids is 1. The lowest BCUT2D eigenvalue weighted by molar-refractivity contribution is -0.118. The lowest BCUT2D eigenvalue weighted by Crippen LogP contribution is -2.48. The summed E-state index contributed by atoms with van der Waals surface area (Å²) >= 11 is 12.3. The van der Waals surface area contributed by atoms with E-state index in [4.69, 9.17) is 23.2 Å². The summed E-state index contributed by atoms with van der Waals surface area (Å²) in [4.78, 5) is 14.1. The number of nitrogens with zero attached hydrogens (tertiary/aromatic N) is 1. The summed E-state index contributed by atoms with van der Waals surface area (Å²) in [7, 11) is 0. The van der Waals surface area contributed by atoms with Gasteiger partial charge >= 0.3 is 0 Å². The number of amides is 1. The Morgan fingerprint density at radius 3 is 2.86 bits per heavy atom. The van der Waals surface area contributed by atoms with Crippen molar-refractivity contribution in [3.8, 4) is 0 Å². The fraction of sp³-hybridized carbons (Fsp3) is 0.533. The average Bonchev–Trinajstić information content (AvgIpc) is 2.38. The fourth-order valence-corrected chi connectivity index (χ4v) is 3.08. The van der Waals surface area contributed by atoms with Crippen LogP contribution >= 0.6 is 23.2 Å². The number of aryl methyl sites for hydroxylation is 1. The van der Waals surface area contributed by atoms with Crippen LogP contribution in [-0.2, 0) is 4.79 Å². The van der Waals surface area contributed by atoms with E-state index in [1.165, 1.54) is 0 Å². The molecule has 0 radical (unpaired) electrons. The van der Waals surface area contributed by atoms with Crippen LogP contribution < -0.4 is 5.32 Å². The van der Waals surface area contributed by atoms with Crippen molar-refractivity contribution in [2.75, 3.05) is 25.0 Å². The second-order valence-electron chi connectivity index (χ2n) is 5.91. The Balaban J connectivity index is 2.01. The lowest BCUT2D eigenvalue weighted by Gasteiger charge is -2.36. The fourth-order valence-electron chi connectivity index (χ4n) is 2.61. The molecule has 2 N–H and O–H groups in total. The summed E-state index contributed by atoms with van der Waals surface area (Å²) in [6, 6.07) is 3.52. The highest BCUT2D eigenvalue weighted by Gasteiger charge is 2.29. The van der Waals surface area contributed by atoms with Gasteiger partial charge in [0, 0.05) is 6.54 Å². The van der Waals surface area contributed by atoms with Crippen molar-refractivity contribution in [1.29, 1.82) is 0 Å². The van der Waals surface area contributed by atoms with Crippen LogP contribution in [-0.4, -0.2) is 41.1 Å². The largest absolute Gasteiger partial charge is 0.389 e. The van der Waals surface area contributed by atoms with E-state index in [1.807, 2.05) is 17.9 Å². The normalized spacial score (nSPS) is 23.1. The van der Waals surface area contributed by atoms with Gasteiger partial charge in [-0.25, -0.2) is 0 Å². The highest BCUT2D eigenvalue weighted by atomic mass is 35.5. The topological polar surface area (TPSA) is 52.6 Å². The Kier molecular flexibility index (Phi) is 5.15. The zero-order valence-corrected chi connectivity index (χ0v) is 13.8. The second-order valence-corrected chi connectivity index (χ2v) is 6.70. The summed E-state index contributed by atoms with van der Waals surface area (Å²) in [5, 5.41) is 13.7. The lowest BCUT2D eigenvalue weighted by atomic mass is 9.95. The zero-order valence-electron chi connectivity index (χ0n) is 12.2. The number of likely N-dealkylation sites (tertiary alicyclic amines) is 1. The first-order chi connectivity index (χ1) is 9.78. The third-order valence-electron chi connectivity index (χ3n) is 3.67. The number of benzene rings is 1. The minimum atomic E-state index is -0.725. The summed E-state index contributed by atoms with van der Waals surface area (Å²) in [5.74, 6) is -0.179. The van der Waals surface area contributed by atoms with Gasteiger partial charge < -0.3 is 10.4 Å². The predicted molar refractivity (Wildman–Crippen MR) is 86.1 cm³/mol. The van der Waals surface area contributed by atoms with Crippen LogP contribution in [0.25, 0.3) is 0 Å². The Hall–Kier alpha value is -0.810. The van der Waals surface area contributed by atoms with Crippen molar-refractivity contribution < 1.29 is 9.90 Å². The number of carbonyl (C=O) groups is 1. The maximum absolute atomic E-state index is 12.2. The minimum Gasteiger partial charge on any atom is -0.389 e. The number of β-amino-alcohol motifs (C(OH)–C–C–N with tert-alkyl or cyclic N) is 1. The van der Waals surface area contributed by atoms with Crippen LogP contribution in [0.15, 0.2) is 12.1 Å². The quantitative estimate of drug-likeness (QED) is 0.895. The number of hydrogen-bond donors (Lipinski definition) is 2. The Morgan fingerprint density at radius 1 is 1.48 bits per heavy atom. The summed E-state index contributed by atoms with van der Waals surface area (Å²) < 4.78 is 0. The van der Waals surface area contributed by atoms with Gasteiger partial charge in [-0.2, -0.15) is 0 Å². The summed E-state index contributed by atoms with van der Waals surface area (Å²) in [5.41, 5.74) is 0.585. The molecule has 1 atom stereocenters. The molecule has 1 aromatic carbocycles. The highest BCUT2D eigenvalue weighted by molar-refractivity contribution is 6.40. The third kappa shape index (κ3) is 4.33. The molecule has 1 saturated heterocycles. The maximum atomic E-state index is 12.2. The van der Waals surface area contributed by atoms with Crippen LogP contribution in [0.4, 0.5) is 5.69 Å². The van der Waals surface area contributed by atoms with Gasteiger partial charge in [0.05, 0.1) is 27.9 Å². The van der Waals surface area contributed by atoms with Gasteiger partial charge in [0.25, 0.3) is 0 Å². The van der Waals surface area contributed by atoms with Crippen molar-refractivity contribution >= 4 is 34.8 Å². The third-order valence-corrected chi connectivity index (χ3v) is 4.47. The monoisotopic (exact) mass is 330 g/mol. The molecule has 0 saturated carbocycles. The molecule has 0 aromatic heterocycles. The number of rotatable bonds is 3. The molecule has 4 nitrogen and oxygen atoms in total. The van der Waals surface area contributed by atoms with Crippen molar-refractivity contribution in [3.63, 3.8) is 0 Å². The molecule has 6 heteroatoms. The molecule has 0 spiro atoms. The summed E-state index contributed by atoms with van der Waals surface area (Å²) in [6.07, 6.45) is 1.65. The minimum absolute atomic E-state index is 0.179. The van der Waals surface area contributed by atoms with Crippen LogP contribution in [0.5, 0.6) is 0 Å². The van der Waals surface area contributed by atoms with Crippen LogP contribution in [0.1, 0.15) is 25.3 Å². The van der Waals surface area contributed by atoms with Gasteiger partial charge in [-0.3, -0.25) is 9.69 Å². The maximum Gasteiger partial charge on any atom is 0.238 e. The van der Waals surface area contributed by atoms with Crippen LogP contribution in [0.3, 0.4) is 0 Å². The van der Waals surface area contributed by atoms with Crippen LogP contribution in [0.2, 0.25) is 10.0 Å². The van der Waals surface area contributed by atoms with E-state index >= 15 is 0 Å². The number of nitrogens with one attached hydrogen (secondary N) is 1. The van der Waals surface area contributed by atoms with Gasteiger partial charge in [0.2, 0.25) is 5.91 Å². The molecule has 1 aliphatic rings. The van der Waals surface area contributed by atoms with E-state index in [1.54, 1.807) is 13.0 Å². The number of anilines is 1. The van der Waals surface area contributed by atoms with Gasteiger partial charge in [-0.1, -0.05) is 29.3 Å². The number of hydrogen-bond acceptors (Lipinski definition) is 3. The molecule has 1 amide bonds. The van der Waals surface area contributed by atoms with E-state index in [9.17, 15) is 9.90 Å². The summed E-state index contributed by atoms with van der Waals surface area (Å²) in [6.45, 7) is 5.17. The molecular formula is C15H20Cl2N2O2. The Morgan fingerprint density at radius 2 is 2.19 bits per heavy atom. The average molecular weight is 331 g/mol. The predicted octanol–water partition coefficient (Wildman–Crippen LogP) is 3.09.